The smallest absolute Gasteiger partial charge is 0.420 e. The van der Waals surface area contributed by atoms with Gasteiger partial charge in [-0.15, -0.1) is 0 Å². The molecule has 1 heterocycles. The Morgan fingerprint density at radius 3 is 2.67 bits per heavy atom. The van der Waals surface area contributed by atoms with Gasteiger partial charge in [0.25, 0.3) is 0 Å². The van der Waals surface area contributed by atoms with Gasteiger partial charge in [-0.25, -0.2) is 14.4 Å². The Balaban J connectivity index is 2.02. The Morgan fingerprint density at radius 1 is 1.17 bits per heavy atom. The molecule has 0 atom stereocenters. The number of aromatic nitrogens is 1. The van der Waals surface area contributed by atoms with Gasteiger partial charge in [0.2, 0.25) is 0 Å². The van der Waals surface area contributed by atoms with Crippen LogP contribution in [0.1, 0.15) is 26.3 Å². The highest BCUT2D eigenvalue weighted by atomic mass is 16.5. The largest absolute Gasteiger partial charge is 0.478 e. The van der Waals surface area contributed by atoms with Crippen LogP contribution in [-0.2, 0) is 11.3 Å². The highest BCUT2D eigenvalue weighted by Crippen LogP contribution is 2.17. The van der Waals surface area contributed by atoms with Crippen LogP contribution in [0.2, 0.25) is 0 Å². The standard InChI is InChI=1S/C17H13NO6/c1-23-16(21)12-5-6-13-14(8-12)24-17(22)18(13)9-10-3-2-4-11(7-10)15(19)20/h2-8H,9H2,1H3,(H,19,20). The van der Waals surface area contributed by atoms with Crippen molar-refractivity contribution in [2.45, 2.75) is 6.54 Å². The molecule has 0 amide bonds. The number of oxazole rings is 1. The van der Waals surface area contributed by atoms with Gasteiger partial charge >= 0.3 is 17.7 Å². The second kappa shape index (κ2) is 6.04. The van der Waals surface area contributed by atoms with Gasteiger partial charge in [-0.05, 0) is 35.9 Å². The quantitative estimate of drug-likeness (QED) is 0.737. The van der Waals surface area contributed by atoms with Crippen LogP contribution in [0.5, 0.6) is 0 Å². The number of nitrogens with zero attached hydrogens (tertiary/aromatic N) is 1. The zero-order valence-electron chi connectivity index (χ0n) is 12.7. The molecule has 0 saturated heterocycles. The first-order valence-electron chi connectivity index (χ1n) is 7.03. The fourth-order valence-electron chi connectivity index (χ4n) is 2.45. The van der Waals surface area contributed by atoms with Crippen molar-refractivity contribution in [2.75, 3.05) is 7.11 Å². The van der Waals surface area contributed by atoms with Crippen LogP contribution in [0.3, 0.4) is 0 Å². The fraction of sp³-hybridized carbons (Fsp3) is 0.118. The first kappa shape index (κ1) is 15.5. The van der Waals surface area contributed by atoms with E-state index in [-0.39, 0.29) is 23.3 Å². The Bertz CT molecular complexity index is 998. The average Bonchev–Trinajstić information content (AvgIpc) is 2.89. The Labute approximate surface area is 135 Å². The van der Waals surface area contributed by atoms with Gasteiger partial charge in [0.05, 0.1) is 30.3 Å². The van der Waals surface area contributed by atoms with Crippen molar-refractivity contribution in [3.05, 3.63) is 69.7 Å². The van der Waals surface area contributed by atoms with Gasteiger partial charge in [-0.2, -0.15) is 0 Å². The Morgan fingerprint density at radius 2 is 1.96 bits per heavy atom. The number of methoxy groups -OCH3 is 1. The summed E-state index contributed by atoms with van der Waals surface area (Å²) in [5.41, 5.74) is 1.84. The molecule has 0 unspecified atom stereocenters. The van der Waals surface area contributed by atoms with Crippen LogP contribution in [0.15, 0.2) is 51.7 Å². The predicted molar refractivity (Wildman–Crippen MR) is 84.3 cm³/mol. The fourth-order valence-corrected chi connectivity index (χ4v) is 2.45. The summed E-state index contributed by atoms with van der Waals surface area (Å²) in [7, 11) is 1.27. The normalized spacial score (nSPS) is 10.7. The van der Waals surface area contributed by atoms with Gasteiger partial charge in [0, 0.05) is 0 Å². The van der Waals surface area contributed by atoms with E-state index >= 15 is 0 Å². The summed E-state index contributed by atoms with van der Waals surface area (Å²) < 4.78 is 11.2. The van der Waals surface area contributed by atoms with E-state index in [9.17, 15) is 14.4 Å². The molecular weight excluding hydrogens is 314 g/mol. The number of carbonyl (C=O) groups excluding carboxylic acids is 1. The van der Waals surface area contributed by atoms with Crippen molar-refractivity contribution < 1.29 is 23.8 Å². The number of carbonyl (C=O) groups is 2. The molecule has 2 aromatic carbocycles. The number of esters is 1. The number of carboxylic acids is 1. The topological polar surface area (TPSA) is 98.7 Å². The lowest BCUT2D eigenvalue weighted by Crippen LogP contribution is -2.15. The molecule has 0 aliphatic rings. The molecule has 3 aromatic rings. The molecule has 3 rings (SSSR count). The number of carboxylic acid groups (broad SMARTS) is 1. The highest BCUT2D eigenvalue weighted by Gasteiger charge is 2.14. The Hall–Kier alpha value is -3.35. The van der Waals surface area contributed by atoms with E-state index in [4.69, 9.17) is 9.52 Å². The zero-order valence-corrected chi connectivity index (χ0v) is 12.7. The van der Waals surface area contributed by atoms with E-state index in [2.05, 4.69) is 4.74 Å². The van der Waals surface area contributed by atoms with E-state index in [1.54, 1.807) is 18.2 Å². The van der Waals surface area contributed by atoms with E-state index in [0.29, 0.717) is 11.1 Å². The molecule has 0 saturated carbocycles. The molecule has 24 heavy (non-hydrogen) atoms. The van der Waals surface area contributed by atoms with Crippen molar-refractivity contribution in [1.29, 1.82) is 0 Å². The summed E-state index contributed by atoms with van der Waals surface area (Å²) in [5.74, 6) is -2.15. The summed E-state index contributed by atoms with van der Waals surface area (Å²) >= 11 is 0. The maximum absolute atomic E-state index is 12.1. The number of hydrogen-bond acceptors (Lipinski definition) is 5. The van der Waals surface area contributed by atoms with Gasteiger partial charge in [0.1, 0.15) is 0 Å². The van der Waals surface area contributed by atoms with Crippen LogP contribution >= 0.6 is 0 Å². The second-order valence-electron chi connectivity index (χ2n) is 5.13. The van der Waals surface area contributed by atoms with Crippen molar-refractivity contribution in [3.63, 3.8) is 0 Å². The molecule has 0 spiro atoms. The van der Waals surface area contributed by atoms with E-state index in [1.807, 2.05) is 0 Å². The molecule has 1 aromatic heterocycles. The monoisotopic (exact) mass is 327 g/mol. The van der Waals surface area contributed by atoms with Crippen LogP contribution in [-0.4, -0.2) is 28.7 Å². The zero-order chi connectivity index (χ0) is 17.3. The number of hydrogen-bond donors (Lipinski definition) is 1. The summed E-state index contributed by atoms with van der Waals surface area (Å²) in [4.78, 5) is 34.6. The molecule has 0 fully saturated rings. The number of benzene rings is 2. The lowest BCUT2D eigenvalue weighted by Gasteiger charge is -2.04. The molecule has 1 N–H and O–H groups in total. The van der Waals surface area contributed by atoms with Gasteiger partial charge in [0.15, 0.2) is 5.58 Å². The lowest BCUT2D eigenvalue weighted by atomic mass is 10.1. The highest BCUT2D eigenvalue weighted by molar-refractivity contribution is 5.93. The number of rotatable bonds is 4. The minimum Gasteiger partial charge on any atom is -0.478 e. The van der Waals surface area contributed by atoms with Crippen molar-refractivity contribution in [2.24, 2.45) is 0 Å². The van der Waals surface area contributed by atoms with Crippen LogP contribution in [0, 0.1) is 0 Å². The van der Waals surface area contributed by atoms with Crippen molar-refractivity contribution >= 4 is 23.0 Å². The van der Waals surface area contributed by atoms with Gasteiger partial charge < -0.3 is 14.3 Å². The summed E-state index contributed by atoms with van der Waals surface area (Å²) in [6.07, 6.45) is 0. The van der Waals surface area contributed by atoms with E-state index < -0.39 is 17.7 Å². The molecular formula is C17H13NO6. The Kier molecular flexibility index (Phi) is 3.91. The number of ether oxygens (including phenoxy) is 1. The van der Waals surface area contributed by atoms with E-state index in [1.165, 1.54) is 35.9 Å². The third-order valence-electron chi connectivity index (χ3n) is 3.60. The third-order valence-corrected chi connectivity index (χ3v) is 3.60. The molecule has 0 aliphatic heterocycles. The molecule has 7 nitrogen and oxygen atoms in total. The number of fused-ring (bicyclic) bond motifs is 1. The summed E-state index contributed by atoms with van der Waals surface area (Å²) in [5, 5.41) is 9.04. The predicted octanol–water partition coefficient (Wildman–Crippen LogP) is 2.13. The molecule has 122 valence electrons. The van der Waals surface area contributed by atoms with Crippen LogP contribution < -0.4 is 5.76 Å². The second-order valence-corrected chi connectivity index (χ2v) is 5.13. The molecule has 7 heteroatoms. The van der Waals surface area contributed by atoms with E-state index in [0.717, 1.165) is 0 Å². The van der Waals surface area contributed by atoms with Crippen molar-refractivity contribution in [3.8, 4) is 0 Å². The maximum Gasteiger partial charge on any atom is 0.420 e. The molecule has 0 radical (unpaired) electrons. The summed E-state index contributed by atoms with van der Waals surface area (Å²) in [6.45, 7) is 0.157. The third kappa shape index (κ3) is 2.79. The SMILES string of the molecule is COC(=O)c1ccc2c(c1)oc(=O)n2Cc1cccc(C(=O)O)c1. The van der Waals surface area contributed by atoms with Crippen LogP contribution in [0.25, 0.3) is 11.1 Å². The molecule has 0 aliphatic carbocycles. The average molecular weight is 327 g/mol. The minimum absolute atomic E-state index is 0.140. The summed E-state index contributed by atoms with van der Waals surface area (Å²) in [6, 6.07) is 10.9. The molecule has 0 bridgehead atoms. The number of aromatic carboxylic acids is 1. The van der Waals surface area contributed by atoms with Gasteiger partial charge in [-0.3, -0.25) is 4.57 Å². The van der Waals surface area contributed by atoms with Crippen LogP contribution in [0.4, 0.5) is 0 Å². The van der Waals surface area contributed by atoms with Gasteiger partial charge in [-0.1, -0.05) is 12.1 Å². The maximum atomic E-state index is 12.1. The lowest BCUT2D eigenvalue weighted by molar-refractivity contribution is 0.0600. The minimum atomic E-state index is -1.04. The first-order valence-corrected chi connectivity index (χ1v) is 7.03. The van der Waals surface area contributed by atoms with Crippen molar-refractivity contribution in [1.82, 2.24) is 4.57 Å². The first-order chi connectivity index (χ1) is 11.5.